The number of hydrogen-bond acceptors (Lipinski definition) is 4. The predicted molar refractivity (Wildman–Crippen MR) is 79.2 cm³/mol. The van der Waals surface area contributed by atoms with Crippen molar-refractivity contribution in [3.8, 4) is 0 Å². The minimum Gasteiger partial charge on any atom is -0.355 e. The largest absolute Gasteiger partial charge is 0.355 e. The van der Waals surface area contributed by atoms with Crippen molar-refractivity contribution in [2.24, 2.45) is 11.7 Å². The van der Waals surface area contributed by atoms with E-state index >= 15 is 0 Å². The molecule has 0 saturated carbocycles. The first kappa shape index (κ1) is 14.5. The van der Waals surface area contributed by atoms with E-state index in [1.54, 1.807) is 11.3 Å². The molecule has 2 heterocycles. The number of amides is 1. The summed E-state index contributed by atoms with van der Waals surface area (Å²) < 4.78 is 0. The maximum absolute atomic E-state index is 11.8. The third-order valence-electron chi connectivity index (χ3n) is 3.69. The summed E-state index contributed by atoms with van der Waals surface area (Å²) in [5.41, 5.74) is 5.90. The van der Waals surface area contributed by atoms with Crippen LogP contribution in [0.15, 0.2) is 17.5 Å². The predicted octanol–water partition coefficient (Wildman–Crippen LogP) is 1.08. The molecular formula is C14H23N3OS. The Labute approximate surface area is 119 Å². The Morgan fingerprint density at radius 2 is 2.53 bits per heavy atom. The number of nitrogens with one attached hydrogen (secondary N) is 1. The molecule has 1 saturated heterocycles. The summed E-state index contributed by atoms with van der Waals surface area (Å²) in [6.45, 7) is 5.23. The number of hydrogen-bond donors (Lipinski definition) is 2. The maximum atomic E-state index is 11.8. The highest BCUT2D eigenvalue weighted by Crippen LogP contribution is 2.17. The van der Waals surface area contributed by atoms with Gasteiger partial charge in [0.25, 0.3) is 0 Å². The van der Waals surface area contributed by atoms with Crippen LogP contribution < -0.4 is 11.1 Å². The quantitative estimate of drug-likeness (QED) is 0.820. The lowest BCUT2D eigenvalue weighted by Gasteiger charge is -2.17. The van der Waals surface area contributed by atoms with Gasteiger partial charge in [-0.05, 0) is 43.7 Å². The zero-order valence-electron chi connectivity index (χ0n) is 11.5. The molecule has 2 rings (SSSR count). The van der Waals surface area contributed by atoms with Gasteiger partial charge in [-0.15, -0.1) is 11.3 Å². The highest BCUT2D eigenvalue weighted by molar-refractivity contribution is 7.09. The molecule has 1 aliphatic rings. The van der Waals surface area contributed by atoms with E-state index in [9.17, 15) is 4.79 Å². The number of carbonyl (C=O) groups excluding carboxylic acids is 1. The number of thiophene rings is 1. The Morgan fingerprint density at radius 1 is 1.68 bits per heavy atom. The highest BCUT2D eigenvalue weighted by atomic mass is 32.1. The van der Waals surface area contributed by atoms with Crippen molar-refractivity contribution in [1.29, 1.82) is 0 Å². The summed E-state index contributed by atoms with van der Waals surface area (Å²) in [6.07, 6.45) is 2.03. The standard InChI is InChI=1S/C14H23N3OS/c1-11(15)12-5-7-17(9-12)10-14(18)16-6-4-13-3-2-8-19-13/h2-3,8,11-12H,4-7,9-10,15H2,1H3,(H,16,18). The molecule has 106 valence electrons. The summed E-state index contributed by atoms with van der Waals surface area (Å²) >= 11 is 1.74. The summed E-state index contributed by atoms with van der Waals surface area (Å²) in [7, 11) is 0. The average Bonchev–Trinajstić information content (AvgIpc) is 3.00. The Balaban J connectivity index is 1.62. The molecule has 3 N–H and O–H groups in total. The van der Waals surface area contributed by atoms with E-state index in [-0.39, 0.29) is 11.9 Å². The van der Waals surface area contributed by atoms with Crippen molar-refractivity contribution < 1.29 is 4.79 Å². The molecule has 2 unspecified atom stereocenters. The Bertz CT molecular complexity index is 391. The van der Waals surface area contributed by atoms with E-state index in [0.717, 1.165) is 32.5 Å². The van der Waals surface area contributed by atoms with Crippen molar-refractivity contribution in [2.75, 3.05) is 26.2 Å². The first-order chi connectivity index (χ1) is 9.15. The first-order valence-electron chi connectivity index (χ1n) is 6.92. The molecule has 5 heteroatoms. The maximum Gasteiger partial charge on any atom is 0.234 e. The van der Waals surface area contributed by atoms with Crippen LogP contribution in [0.25, 0.3) is 0 Å². The molecule has 19 heavy (non-hydrogen) atoms. The number of nitrogens with zero attached hydrogens (tertiary/aromatic N) is 1. The van der Waals surface area contributed by atoms with Gasteiger partial charge < -0.3 is 11.1 Å². The van der Waals surface area contributed by atoms with Gasteiger partial charge in [0.05, 0.1) is 6.54 Å². The lowest BCUT2D eigenvalue weighted by Crippen LogP contribution is -2.38. The van der Waals surface area contributed by atoms with E-state index < -0.39 is 0 Å². The summed E-state index contributed by atoms with van der Waals surface area (Å²) in [5, 5.41) is 5.05. The van der Waals surface area contributed by atoms with Crippen LogP contribution in [0.3, 0.4) is 0 Å². The fourth-order valence-electron chi connectivity index (χ4n) is 2.47. The highest BCUT2D eigenvalue weighted by Gasteiger charge is 2.26. The molecule has 1 aliphatic heterocycles. The zero-order chi connectivity index (χ0) is 13.7. The summed E-state index contributed by atoms with van der Waals surface area (Å²) in [6, 6.07) is 4.37. The lowest BCUT2D eigenvalue weighted by molar-refractivity contribution is -0.122. The van der Waals surface area contributed by atoms with E-state index in [0.29, 0.717) is 12.5 Å². The molecule has 1 amide bonds. The molecule has 1 aromatic rings. The number of carbonyl (C=O) groups is 1. The van der Waals surface area contributed by atoms with E-state index in [2.05, 4.69) is 28.6 Å². The smallest absolute Gasteiger partial charge is 0.234 e. The van der Waals surface area contributed by atoms with Crippen LogP contribution in [-0.2, 0) is 11.2 Å². The van der Waals surface area contributed by atoms with Gasteiger partial charge in [-0.1, -0.05) is 6.07 Å². The van der Waals surface area contributed by atoms with E-state index in [1.165, 1.54) is 4.88 Å². The van der Waals surface area contributed by atoms with Crippen LogP contribution in [0.5, 0.6) is 0 Å². The van der Waals surface area contributed by atoms with Crippen LogP contribution in [-0.4, -0.2) is 43.0 Å². The molecule has 4 nitrogen and oxygen atoms in total. The molecule has 0 aliphatic carbocycles. The monoisotopic (exact) mass is 281 g/mol. The Hall–Kier alpha value is -0.910. The second-order valence-corrected chi connectivity index (χ2v) is 6.35. The van der Waals surface area contributed by atoms with Crippen molar-refractivity contribution in [3.05, 3.63) is 22.4 Å². The van der Waals surface area contributed by atoms with Crippen molar-refractivity contribution in [3.63, 3.8) is 0 Å². The van der Waals surface area contributed by atoms with Crippen LogP contribution >= 0.6 is 11.3 Å². The molecule has 1 fully saturated rings. The van der Waals surface area contributed by atoms with E-state index in [4.69, 9.17) is 5.73 Å². The minimum atomic E-state index is 0.127. The molecule has 0 aromatic carbocycles. The average molecular weight is 281 g/mol. The Morgan fingerprint density at radius 3 is 3.16 bits per heavy atom. The van der Waals surface area contributed by atoms with Crippen LogP contribution in [0.1, 0.15) is 18.2 Å². The third kappa shape index (κ3) is 4.60. The van der Waals surface area contributed by atoms with Gasteiger partial charge in [-0.25, -0.2) is 0 Å². The summed E-state index contributed by atoms with van der Waals surface area (Å²) in [4.78, 5) is 15.3. The van der Waals surface area contributed by atoms with Gasteiger partial charge >= 0.3 is 0 Å². The minimum absolute atomic E-state index is 0.127. The van der Waals surface area contributed by atoms with Crippen LogP contribution in [0, 0.1) is 5.92 Å². The fraction of sp³-hybridized carbons (Fsp3) is 0.643. The fourth-order valence-corrected chi connectivity index (χ4v) is 3.18. The first-order valence-corrected chi connectivity index (χ1v) is 7.80. The SMILES string of the molecule is CC(N)C1CCN(CC(=O)NCCc2cccs2)C1. The topological polar surface area (TPSA) is 58.4 Å². The molecule has 0 radical (unpaired) electrons. The van der Waals surface area contributed by atoms with Gasteiger partial charge in [0.2, 0.25) is 5.91 Å². The van der Waals surface area contributed by atoms with Crippen molar-refractivity contribution >= 4 is 17.2 Å². The van der Waals surface area contributed by atoms with Crippen LogP contribution in [0.4, 0.5) is 0 Å². The van der Waals surface area contributed by atoms with Gasteiger partial charge in [0.15, 0.2) is 0 Å². The third-order valence-corrected chi connectivity index (χ3v) is 4.63. The molecule has 0 bridgehead atoms. The second-order valence-electron chi connectivity index (χ2n) is 5.32. The van der Waals surface area contributed by atoms with Gasteiger partial charge in [-0.2, -0.15) is 0 Å². The molecule has 1 aromatic heterocycles. The van der Waals surface area contributed by atoms with E-state index in [1.807, 2.05) is 6.07 Å². The van der Waals surface area contributed by atoms with Crippen LogP contribution in [0.2, 0.25) is 0 Å². The zero-order valence-corrected chi connectivity index (χ0v) is 12.3. The van der Waals surface area contributed by atoms with Gasteiger partial charge in [-0.3, -0.25) is 9.69 Å². The number of likely N-dealkylation sites (tertiary alicyclic amines) is 1. The molecule has 0 spiro atoms. The van der Waals surface area contributed by atoms with Gasteiger partial charge in [0.1, 0.15) is 0 Å². The normalized spacial score (nSPS) is 21.5. The molecular weight excluding hydrogens is 258 g/mol. The summed E-state index contributed by atoms with van der Waals surface area (Å²) in [5.74, 6) is 0.667. The second kappa shape index (κ2) is 7.03. The van der Waals surface area contributed by atoms with Crippen molar-refractivity contribution in [1.82, 2.24) is 10.2 Å². The lowest BCUT2D eigenvalue weighted by atomic mass is 10.0. The van der Waals surface area contributed by atoms with Gasteiger partial charge in [0, 0.05) is 24.0 Å². The number of rotatable bonds is 6. The van der Waals surface area contributed by atoms with Crippen molar-refractivity contribution in [2.45, 2.75) is 25.8 Å². The molecule has 2 atom stereocenters. The Kier molecular flexibility index (Phi) is 5.36. The number of nitrogens with two attached hydrogens (primary N) is 1.